The van der Waals surface area contributed by atoms with E-state index in [1.807, 2.05) is 17.0 Å². The maximum absolute atomic E-state index is 15.4. The number of likely N-dealkylation sites (tertiary alicyclic amines) is 1. The summed E-state index contributed by atoms with van der Waals surface area (Å²) in [4.78, 5) is 28.9. The summed E-state index contributed by atoms with van der Waals surface area (Å²) in [5.74, 6) is 1.89. The molecule has 0 radical (unpaired) electrons. The predicted molar refractivity (Wildman–Crippen MR) is 171 cm³/mol. The first-order valence-corrected chi connectivity index (χ1v) is 14.9. The number of hydrogen-bond donors (Lipinski definition) is 2. The Kier molecular flexibility index (Phi) is 9.07. The van der Waals surface area contributed by atoms with Gasteiger partial charge in [-0.05, 0) is 43.2 Å². The van der Waals surface area contributed by atoms with Gasteiger partial charge in [0.1, 0.15) is 41.0 Å². The molecule has 0 aliphatic carbocycles. The van der Waals surface area contributed by atoms with Gasteiger partial charge in [-0.25, -0.2) is 19.3 Å². The molecule has 236 valence electrons. The van der Waals surface area contributed by atoms with Crippen molar-refractivity contribution in [3.8, 4) is 23.3 Å². The van der Waals surface area contributed by atoms with Gasteiger partial charge in [0.25, 0.3) is 0 Å². The fourth-order valence-electron chi connectivity index (χ4n) is 5.55. The maximum atomic E-state index is 15.4. The molecule has 2 aromatic heterocycles. The van der Waals surface area contributed by atoms with Crippen molar-refractivity contribution in [1.29, 1.82) is 5.26 Å². The summed E-state index contributed by atoms with van der Waals surface area (Å²) in [6.07, 6.45) is 5.38. The minimum absolute atomic E-state index is 0.0627. The van der Waals surface area contributed by atoms with Crippen LogP contribution in [0.2, 0.25) is 0 Å². The van der Waals surface area contributed by atoms with Crippen molar-refractivity contribution in [3.63, 3.8) is 0 Å². The molecule has 4 heterocycles. The molecule has 2 saturated heterocycles. The Morgan fingerprint density at radius 3 is 2.70 bits per heavy atom. The first-order valence-electron chi connectivity index (χ1n) is 14.9. The number of benzene rings is 2. The number of halogens is 1. The van der Waals surface area contributed by atoms with Crippen LogP contribution >= 0.6 is 0 Å². The van der Waals surface area contributed by atoms with Crippen LogP contribution in [-0.4, -0.2) is 77.8 Å². The Bertz CT molecular complexity index is 1790. The third kappa shape index (κ3) is 6.77. The number of morpholine rings is 1. The van der Waals surface area contributed by atoms with Crippen LogP contribution < -0.4 is 25.0 Å². The first kappa shape index (κ1) is 30.5. The number of amides is 1. The number of carbonyl (C=O) groups excluding carboxylic acids is 1. The number of pyridine rings is 1. The average molecular weight is 625 g/mol. The van der Waals surface area contributed by atoms with Gasteiger partial charge in [0.2, 0.25) is 5.91 Å². The highest BCUT2D eigenvalue weighted by molar-refractivity contribution is 5.95. The number of aromatic nitrogens is 3. The van der Waals surface area contributed by atoms with E-state index in [2.05, 4.69) is 38.2 Å². The van der Waals surface area contributed by atoms with Gasteiger partial charge in [0, 0.05) is 55.5 Å². The number of nitrogens with zero attached hydrogens (tertiary/aromatic N) is 6. The average Bonchev–Trinajstić information content (AvgIpc) is 3.09. The number of nitriles is 1. The van der Waals surface area contributed by atoms with Crippen LogP contribution in [0.3, 0.4) is 0 Å². The molecule has 0 spiro atoms. The summed E-state index contributed by atoms with van der Waals surface area (Å²) in [7, 11) is 1.59. The Morgan fingerprint density at radius 2 is 1.93 bits per heavy atom. The molecular weight excluding hydrogens is 591 g/mol. The van der Waals surface area contributed by atoms with E-state index in [4.69, 9.17) is 14.2 Å². The topological polar surface area (TPSA) is 138 Å². The molecular formula is C33H33FN8O4. The van der Waals surface area contributed by atoms with Crippen LogP contribution in [0.5, 0.6) is 17.2 Å². The first-order chi connectivity index (χ1) is 22.4. The van der Waals surface area contributed by atoms with Gasteiger partial charge in [-0.2, -0.15) is 5.26 Å². The normalized spacial score (nSPS) is 16.8. The van der Waals surface area contributed by atoms with Gasteiger partial charge in [-0.3, -0.25) is 4.79 Å². The standard InChI is InChI=1S/C33H33FN8O4/c1-3-32(43)41-10-7-21(8-11-41)39-29-16-25-28(17-30(29)44-2)37-20-38-33(25)40-27-5-4-22(14-26(27)34)46-23-6-9-36-31(15-23)42-12-13-45-24(18-35)19-42/h3-6,9,14-17,20-21,24,39H,1,7-8,10-13,19H2,2H3,(H,37,38,40)/t24-/m0/s1. The highest BCUT2D eigenvalue weighted by atomic mass is 19.1. The second-order valence-corrected chi connectivity index (χ2v) is 10.9. The lowest BCUT2D eigenvalue weighted by atomic mass is 10.0. The molecule has 0 unspecified atom stereocenters. The zero-order valence-corrected chi connectivity index (χ0v) is 25.3. The van der Waals surface area contributed by atoms with Crippen LogP contribution in [0.1, 0.15) is 12.8 Å². The molecule has 6 rings (SSSR count). The smallest absolute Gasteiger partial charge is 0.245 e. The molecule has 2 N–H and O–H groups in total. The Hall–Kier alpha value is -5.48. The molecule has 4 aromatic rings. The summed E-state index contributed by atoms with van der Waals surface area (Å²) >= 11 is 0. The van der Waals surface area contributed by atoms with Crippen LogP contribution in [0.4, 0.5) is 27.4 Å². The highest BCUT2D eigenvalue weighted by Gasteiger charge is 2.23. The minimum Gasteiger partial charge on any atom is -0.495 e. The van der Waals surface area contributed by atoms with Crippen molar-refractivity contribution in [3.05, 3.63) is 73.5 Å². The fraction of sp³-hybridized carbons (Fsp3) is 0.303. The highest BCUT2D eigenvalue weighted by Crippen LogP contribution is 2.35. The van der Waals surface area contributed by atoms with E-state index in [1.165, 1.54) is 18.5 Å². The van der Waals surface area contributed by atoms with E-state index >= 15 is 4.39 Å². The third-order valence-electron chi connectivity index (χ3n) is 7.98. The van der Waals surface area contributed by atoms with Crippen molar-refractivity contribution >= 4 is 39.8 Å². The van der Waals surface area contributed by atoms with Gasteiger partial charge in [-0.1, -0.05) is 6.58 Å². The summed E-state index contributed by atoms with van der Waals surface area (Å²) in [6, 6.07) is 13.9. The zero-order chi connectivity index (χ0) is 32.0. The third-order valence-corrected chi connectivity index (χ3v) is 7.98. The van der Waals surface area contributed by atoms with Gasteiger partial charge >= 0.3 is 0 Å². The molecule has 1 amide bonds. The minimum atomic E-state index is -0.531. The number of ether oxygens (including phenoxy) is 3. The number of anilines is 4. The predicted octanol–water partition coefficient (Wildman–Crippen LogP) is 5.03. The van der Waals surface area contributed by atoms with E-state index in [0.29, 0.717) is 72.6 Å². The molecule has 0 saturated carbocycles. The molecule has 0 bridgehead atoms. The Labute approximate surface area is 265 Å². The molecule has 2 aromatic carbocycles. The van der Waals surface area contributed by atoms with Crippen molar-refractivity contribution in [2.75, 3.05) is 55.4 Å². The second kappa shape index (κ2) is 13.7. The van der Waals surface area contributed by atoms with E-state index in [-0.39, 0.29) is 17.6 Å². The number of rotatable bonds is 9. The van der Waals surface area contributed by atoms with E-state index in [9.17, 15) is 10.1 Å². The molecule has 2 aliphatic rings. The maximum Gasteiger partial charge on any atom is 0.245 e. The van der Waals surface area contributed by atoms with E-state index < -0.39 is 11.9 Å². The van der Waals surface area contributed by atoms with E-state index in [0.717, 1.165) is 18.5 Å². The van der Waals surface area contributed by atoms with Crippen molar-refractivity contribution in [2.45, 2.75) is 25.0 Å². The fourth-order valence-corrected chi connectivity index (χ4v) is 5.55. The number of fused-ring (bicyclic) bond motifs is 1. The quantitative estimate of drug-likeness (QED) is 0.243. The summed E-state index contributed by atoms with van der Waals surface area (Å²) in [5.41, 5.74) is 1.59. The Balaban J connectivity index is 1.17. The van der Waals surface area contributed by atoms with E-state index in [1.54, 1.807) is 42.5 Å². The molecule has 12 nitrogen and oxygen atoms in total. The zero-order valence-electron chi connectivity index (χ0n) is 25.3. The second-order valence-electron chi connectivity index (χ2n) is 10.9. The van der Waals surface area contributed by atoms with Gasteiger partial charge in [-0.15, -0.1) is 0 Å². The lowest BCUT2D eigenvalue weighted by Gasteiger charge is -2.32. The van der Waals surface area contributed by atoms with Gasteiger partial charge in [0.15, 0.2) is 6.10 Å². The number of methoxy groups -OCH3 is 1. The monoisotopic (exact) mass is 624 g/mol. The summed E-state index contributed by atoms with van der Waals surface area (Å²) in [5, 5.41) is 16.5. The van der Waals surface area contributed by atoms with Crippen molar-refractivity contribution < 1.29 is 23.4 Å². The Morgan fingerprint density at radius 1 is 1.11 bits per heavy atom. The molecule has 13 heteroatoms. The molecule has 46 heavy (non-hydrogen) atoms. The van der Waals surface area contributed by atoms with Gasteiger partial charge in [0.05, 0.1) is 43.2 Å². The van der Waals surface area contributed by atoms with Crippen LogP contribution in [-0.2, 0) is 9.53 Å². The van der Waals surface area contributed by atoms with Gasteiger partial charge < -0.3 is 34.6 Å². The lowest BCUT2D eigenvalue weighted by Crippen LogP contribution is -2.42. The SMILES string of the molecule is C=CC(=O)N1CCC(Nc2cc3c(Nc4ccc(Oc5ccnc(N6CCO[C@@H](C#N)C6)c5)cc4F)ncnc3cc2OC)CC1. The number of hydrogen-bond acceptors (Lipinski definition) is 11. The summed E-state index contributed by atoms with van der Waals surface area (Å²) in [6.45, 7) is 6.27. The number of carbonyl (C=O) groups is 1. The van der Waals surface area contributed by atoms with Crippen LogP contribution in [0.25, 0.3) is 10.9 Å². The molecule has 1 atom stereocenters. The number of nitrogens with one attached hydrogen (secondary N) is 2. The summed E-state index contributed by atoms with van der Waals surface area (Å²) < 4.78 is 32.4. The molecule has 2 fully saturated rings. The van der Waals surface area contributed by atoms with Crippen molar-refractivity contribution in [2.24, 2.45) is 0 Å². The largest absolute Gasteiger partial charge is 0.495 e. The van der Waals surface area contributed by atoms with Crippen LogP contribution in [0.15, 0.2) is 67.6 Å². The van der Waals surface area contributed by atoms with Crippen molar-refractivity contribution in [1.82, 2.24) is 19.9 Å². The molecule has 2 aliphatic heterocycles. The number of piperidine rings is 1. The van der Waals surface area contributed by atoms with Crippen LogP contribution in [0, 0.1) is 17.1 Å². The lowest BCUT2D eigenvalue weighted by molar-refractivity contribution is -0.126.